The van der Waals surface area contributed by atoms with E-state index in [0.717, 1.165) is 41.7 Å². The van der Waals surface area contributed by atoms with Crippen LogP contribution in [0.4, 0.5) is 0 Å². The van der Waals surface area contributed by atoms with Gasteiger partial charge in [-0.2, -0.15) is 0 Å². The number of fused-ring (bicyclic) bond motifs is 3. The second-order valence-corrected chi connectivity index (χ2v) is 8.02. The molecule has 5 heteroatoms. The van der Waals surface area contributed by atoms with Crippen molar-refractivity contribution in [3.63, 3.8) is 0 Å². The third-order valence-corrected chi connectivity index (χ3v) is 6.23. The number of hydrogen-bond acceptors (Lipinski definition) is 5. The van der Waals surface area contributed by atoms with Gasteiger partial charge >= 0.3 is 5.97 Å². The van der Waals surface area contributed by atoms with Crippen LogP contribution in [-0.2, 0) is 14.3 Å². The van der Waals surface area contributed by atoms with Gasteiger partial charge in [-0.1, -0.05) is 12.1 Å². The molecule has 3 heterocycles. The van der Waals surface area contributed by atoms with Crippen molar-refractivity contribution in [1.29, 1.82) is 0 Å². The molecule has 24 heavy (non-hydrogen) atoms. The smallest absolute Gasteiger partial charge is 0.334 e. The number of epoxide rings is 1. The fraction of sp³-hybridized carbons (Fsp3) is 0.526. The van der Waals surface area contributed by atoms with Crippen molar-refractivity contribution in [3.05, 3.63) is 39.6 Å². The number of rotatable bonds is 2. The lowest BCUT2D eigenvalue weighted by atomic mass is 9.83. The van der Waals surface area contributed by atoms with E-state index in [-0.39, 0.29) is 36.3 Å². The topological polar surface area (TPSA) is 59.1 Å². The maximum atomic E-state index is 12.5. The molecule has 4 rings (SSSR count). The number of aliphatic hydroxyl groups is 1. The normalized spacial score (nSPS) is 39.6. The first kappa shape index (κ1) is 16.1. The van der Waals surface area contributed by atoms with E-state index in [9.17, 15) is 9.90 Å². The number of hydrogen-bond donors (Lipinski definition) is 1. The molecule has 0 bridgehead atoms. The summed E-state index contributed by atoms with van der Waals surface area (Å²) in [6, 6.07) is 3.99. The Morgan fingerprint density at radius 2 is 2.38 bits per heavy atom. The van der Waals surface area contributed by atoms with Crippen LogP contribution in [0.5, 0.6) is 0 Å². The van der Waals surface area contributed by atoms with Crippen LogP contribution in [0.2, 0.25) is 0 Å². The van der Waals surface area contributed by atoms with Crippen LogP contribution in [0.1, 0.15) is 37.5 Å². The van der Waals surface area contributed by atoms with Gasteiger partial charge in [0.2, 0.25) is 0 Å². The molecule has 0 radical (unpaired) electrons. The molecule has 2 fully saturated rings. The Bertz CT molecular complexity index is 690. The highest BCUT2D eigenvalue weighted by molar-refractivity contribution is 7.10. The summed E-state index contributed by atoms with van der Waals surface area (Å²) in [5.74, 6) is -0.190. The third kappa shape index (κ3) is 2.85. The highest BCUT2D eigenvalue weighted by atomic mass is 32.1. The molecule has 128 valence electrons. The minimum Gasteiger partial charge on any atom is -0.455 e. The molecular formula is C19H22O4S. The van der Waals surface area contributed by atoms with E-state index in [4.69, 9.17) is 9.47 Å². The lowest BCUT2D eigenvalue weighted by Crippen LogP contribution is -2.29. The molecule has 0 spiro atoms. The fourth-order valence-corrected chi connectivity index (χ4v) is 4.57. The van der Waals surface area contributed by atoms with Crippen molar-refractivity contribution >= 4 is 23.4 Å². The number of carbonyl (C=O) groups is 1. The Kier molecular flexibility index (Phi) is 4.11. The number of esters is 1. The predicted octanol–water partition coefficient (Wildman–Crippen LogP) is 3.32. The fourth-order valence-electron chi connectivity index (χ4n) is 3.91. The molecule has 1 N–H and O–H groups in total. The summed E-state index contributed by atoms with van der Waals surface area (Å²) in [4.78, 5) is 13.5. The van der Waals surface area contributed by atoms with Crippen molar-refractivity contribution in [3.8, 4) is 0 Å². The molecule has 0 unspecified atom stereocenters. The first-order valence-corrected chi connectivity index (χ1v) is 9.41. The third-order valence-electron chi connectivity index (χ3n) is 5.41. The van der Waals surface area contributed by atoms with Crippen LogP contribution in [0.3, 0.4) is 0 Å². The first-order chi connectivity index (χ1) is 11.6. The van der Waals surface area contributed by atoms with E-state index in [1.807, 2.05) is 23.6 Å². The number of ether oxygens (including phenoxy) is 2. The molecule has 2 saturated heterocycles. The first-order valence-electron chi connectivity index (χ1n) is 8.53. The van der Waals surface area contributed by atoms with E-state index < -0.39 is 0 Å². The average molecular weight is 346 g/mol. The summed E-state index contributed by atoms with van der Waals surface area (Å²) in [6.07, 6.45) is 7.26. The molecule has 4 nitrogen and oxygen atoms in total. The van der Waals surface area contributed by atoms with Gasteiger partial charge in [-0.05, 0) is 55.7 Å². The van der Waals surface area contributed by atoms with Crippen molar-refractivity contribution in [1.82, 2.24) is 0 Å². The van der Waals surface area contributed by atoms with E-state index in [1.54, 1.807) is 11.3 Å². The Morgan fingerprint density at radius 1 is 1.50 bits per heavy atom. The molecule has 0 amide bonds. The van der Waals surface area contributed by atoms with Gasteiger partial charge < -0.3 is 14.6 Å². The van der Waals surface area contributed by atoms with Gasteiger partial charge in [0.25, 0.3) is 0 Å². The Labute approximate surface area is 145 Å². The van der Waals surface area contributed by atoms with Crippen LogP contribution < -0.4 is 0 Å². The van der Waals surface area contributed by atoms with Gasteiger partial charge in [0.05, 0.1) is 12.2 Å². The molecule has 1 aromatic rings. The zero-order valence-electron chi connectivity index (χ0n) is 13.7. The molecule has 2 aliphatic heterocycles. The highest BCUT2D eigenvalue weighted by Crippen LogP contribution is 2.50. The van der Waals surface area contributed by atoms with Crippen molar-refractivity contribution in [2.75, 3.05) is 6.61 Å². The summed E-state index contributed by atoms with van der Waals surface area (Å²) in [5.41, 5.74) is 1.58. The Hall–Kier alpha value is -1.43. The molecular weight excluding hydrogens is 324 g/mol. The zero-order chi connectivity index (χ0) is 16.7. The summed E-state index contributed by atoms with van der Waals surface area (Å²) >= 11 is 1.62. The summed E-state index contributed by atoms with van der Waals surface area (Å²) in [7, 11) is 0. The molecule has 0 aromatic carbocycles. The molecule has 1 aromatic heterocycles. The maximum Gasteiger partial charge on any atom is 0.334 e. The number of carbonyl (C=O) groups excluding carboxylic acids is 1. The zero-order valence-corrected chi connectivity index (χ0v) is 14.6. The lowest BCUT2D eigenvalue weighted by Gasteiger charge is -2.19. The van der Waals surface area contributed by atoms with Gasteiger partial charge in [0.1, 0.15) is 12.2 Å². The van der Waals surface area contributed by atoms with Crippen molar-refractivity contribution < 1.29 is 19.4 Å². The van der Waals surface area contributed by atoms with Crippen LogP contribution >= 0.6 is 11.3 Å². The van der Waals surface area contributed by atoms with Crippen molar-refractivity contribution in [2.45, 2.75) is 50.4 Å². The average Bonchev–Trinajstić information content (AvgIpc) is 2.89. The van der Waals surface area contributed by atoms with Crippen LogP contribution in [0.15, 0.2) is 34.7 Å². The predicted molar refractivity (Wildman–Crippen MR) is 92.6 cm³/mol. The summed E-state index contributed by atoms with van der Waals surface area (Å²) in [5, 5.41) is 11.6. The lowest BCUT2D eigenvalue weighted by molar-refractivity contribution is -0.139. The van der Waals surface area contributed by atoms with E-state index in [1.165, 1.54) is 0 Å². The summed E-state index contributed by atoms with van der Waals surface area (Å²) < 4.78 is 11.7. The minimum atomic E-state index is -0.218. The van der Waals surface area contributed by atoms with Crippen LogP contribution in [0.25, 0.3) is 6.08 Å². The monoisotopic (exact) mass is 346 g/mol. The SMILES string of the molecule is C[C@@]12CC/C=C(/CO)CC[C@@H]3/C(=C\c4cccs4)C(=O)O[C@@H]3[C@@H]1O2. The maximum absolute atomic E-state index is 12.5. The molecule has 0 saturated carbocycles. The highest BCUT2D eigenvalue weighted by Gasteiger charge is 2.61. The van der Waals surface area contributed by atoms with Gasteiger partial charge in [0.15, 0.2) is 0 Å². The number of aliphatic hydroxyl groups excluding tert-OH is 1. The van der Waals surface area contributed by atoms with Crippen molar-refractivity contribution in [2.24, 2.45) is 5.92 Å². The van der Waals surface area contributed by atoms with E-state index in [0.29, 0.717) is 0 Å². The van der Waals surface area contributed by atoms with Gasteiger partial charge in [-0.25, -0.2) is 4.79 Å². The second kappa shape index (κ2) is 6.14. The van der Waals surface area contributed by atoms with Gasteiger partial charge in [0, 0.05) is 16.4 Å². The molecule has 1 aliphatic carbocycles. The number of allylic oxidation sites excluding steroid dienone is 1. The minimum absolute atomic E-state index is 0.00948. The van der Waals surface area contributed by atoms with E-state index >= 15 is 0 Å². The second-order valence-electron chi connectivity index (χ2n) is 7.04. The number of thiophene rings is 1. The van der Waals surface area contributed by atoms with Gasteiger partial charge in [-0.3, -0.25) is 0 Å². The quantitative estimate of drug-likeness (QED) is 0.386. The van der Waals surface area contributed by atoms with Crippen LogP contribution in [0, 0.1) is 5.92 Å². The van der Waals surface area contributed by atoms with Crippen LogP contribution in [-0.4, -0.2) is 35.5 Å². The Balaban J connectivity index is 1.66. The summed E-state index contributed by atoms with van der Waals surface area (Å²) in [6.45, 7) is 2.18. The van der Waals surface area contributed by atoms with Gasteiger partial charge in [-0.15, -0.1) is 11.3 Å². The molecule has 4 atom stereocenters. The Morgan fingerprint density at radius 3 is 3.12 bits per heavy atom. The largest absolute Gasteiger partial charge is 0.455 e. The van der Waals surface area contributed by atoms with E-state index in [2.05, 4.69) is 13.0 Å². The molecule has 3 aliphatic rings. The standard InChI is InChI=1S/C19H22O4S/c1-19-8-2-4-12(11-20)6-7-14-15(10-13-5-3-9-24-13)18(21)22-16(14)17(19)23-19/h3-5,9-10,14,16-17,20H,2,6-8,11H2,1H3/b12-4+,15-10+/t14-,16+,17+,19-/m1/s1.